The third-order valence-corrected chi connectivity index (χ3v) is 5.08. The van der Waals surface area contributed by atoms with Gasteiger partial charge in [0.15, 0.2) is 5.82 Å². The maximum absolute atomic E-state index is 11.2. The molecule has 0 saturated heterocycles. The maximum Gasteiger partial charge on any atom is 0.335 e. The second kappa shape index (κ2) is 8.18. The smallest absolute Gasteiger partial charge is 0.335 e. The minimum atomic E-state index is -0.964. The van der Waals surface area contributed by atoms with Crippen molar-refractivity contribution in [3.8, 4) is 10.7 Å². The standard InChI is InChI=1S/C20H20N4O3S/c1-4-15-11(2)21-19(16-9-10-17(28-16)22-12(3)25)24-18(15)23-14-7-5-13(6-8-14)20(26)27/h5-10H,4H2,1-3H3,(H,22,25)(H,26,27)(H,21,23,24). The van der Waals surface area contributed by atoms with E-state index in [0.717, 1.165) is 33.2 Å². The number of carbonyl (C=O) groups excluding carboxylic acids is 1. The molecular weight excluding hydrogens is 376 g/mol. The zero-order chi connectivity index (χ0) is 20.3. The van der Waals surface area contributed by atoms with Crippen LogP contribution in [0.25, 0.3) is 10.7 Å². The first-order valence-corrected chi connectivity index (χ1v) is 9.54. The van der Waals surface area contributed by atoms with E-state index in [1.165, 1.54) is 18.3 Å². The van der Waals surface area contributed by atoms with Crippen LogP contribution in [0.3, 0.4) is 0 Å². The highest BCUT2D eigenvalue weighted by atomic mass is 32.1. The fourth-order valence-electron chi connectivity index (χ4n) is 2.76. The van der Waals surface area contributed by atoms with E-state index < -0.39 is 5.97 Å². The van der Waals surface area contributed by atoms with Crippen LogP contribution in [0.1, 0.15) is 35.5 Å². The molecule has 0 unspecified atom stereocenters. The van der Waals surface area contributed by atoms with Gasteiger partial charge in [-0.15, -0.1) is 11.3 Å². The first kappa shape index (κ1) is 19.5. The first-order valence-electron chi connectivity index (χ1n) is 8.73. The summed E-state index contributed by atoms with van der Waals surface area (Å²) in [6, 6.07) is 10.2. The van der Waals surface area contributed by atoms with E-state index in [4.69, 9.17) is 5.11 Å². The Kier molecular flexibility index (Phi) is 5.70. The molecule has 2 heterocycles. The van der Waals surface area contributed by atoms with E-state index in [-0.39, 0.29) is 11.5 Å². The second-order valence-electron chi connectivity index (χ2n) is 6.17. The zero-order valence-corrected chi connectivity index (χ0v) is 16.6. The summed E-state index contributed by atoms with van der Waals surface area (Å²) in [5.74, 6) is 0.163. The lowest BCUT2D eigenvalue weighted by Crippen LogP contribution is -2.05. The third kappa shape index (κ3) is 4.34. The van der Waals surface area contributed by atoms with E-state index in [9.17, 15) is 9.59 Å². The number of amides is 1. The van der Waals surface area contributed by atoms with Crippen LogP contribution >= 0.6 is 11.3 Å². The molecule has 3 N–H and O–H groups in total. The molecule has 0 aliphatic carbocycles. The van der Waals surface area contributed by atoms with E-state index in [0.29, 0.717) is 11.6 Å². The number of aromatic nitrogens is 2. The predicted octanol–water partition coefficient (Wildman–Crippen LogP) is 4.48. The number of aromatic carboxylic acids is 1. The number of rotatable bonds is 6. The number of thiophene rings is 1. The molecule has 7 nitrogen and oxygen atoms in total. The minimum absolute atomic E-state index is 0.126. The van der Waals surface area contributed by atoms with Crippen molar-refractivity contribution in [2.75, 3.05) is 10.6 Å². The number of hydrogen-bond acceptors (Lipinski definition) is 6. The number of carboxylic acid groups (broad SMARTS) is 1. The lowest BCUT2D eigenvalue weighted by Gasteiger charge is -2.13. The number of carboxylic acids is 1. The Labute approximate surface area is 166 Å². The van der Waals surface area contributed by atoms with Crippen molar-refractivity contribution in [1.29, 1.82) is 0 Å². The first-order chi connectivity index (χ1) is 13.4. The Balaban J connectivity index is 1.94. The van der Waals surface area contributed by atoms with Crippen molar-refractivity contribution < 1.29 is 14.7 Å². The van der Waals surface area contributed by atoms with Crippen LogP contribution in [-0.2, 0) is 11.2 Å². The van der Waals surface area contributed by atoms with Crippen LogP contribution in [0, 0.1) is 6.92 Å². The number of aryl methyl sites for hydroxylation is 1. The quantitative estimate of drug-likeness (QED) is 0.568. The van der Waals surface area contributed by atoms with Crippen LogP contribution in [0.15, 0.2) is 36.4 Å². The maximum atomic E-state index is 11.2. The zero-order valence-electron chi connectivity index (χ0n) is 15.7. The molecular formula is C20H20N4O3S. The van der Waals surface area contributed by atoms with E-state index in [1.54, 1.807) is 24.3 Å². The Bertz CT molecular complexity index is 1030. The molecule has 8 heteroatoms. The van der Waals surface area contributed by atoms with E-state index >= 15 is 0 Å². The molecule has 0 saturated carbocycles. The largest absolute Gasteiger partial charge is 0.478 e. The van der Waals surface area contributed by atoms with E-state index in [2.05, 4.69) is 20.6 Å². The highest BCUT2D eigenvalue weighted by Gasteiger charge is 2.14. The summed E-state index contributed by atoms with van der Waals surface area (Å²) in [5, 5.41) is 15.8. The molecule has 0 fully saturated rings. The van der Waals surface area contributed by atoms with Crippen molar-refractivity contribution in [1.82, 2.24) is 9.97 Å². The van der Waals surface area contributed by atoms with Gasteiger partial charge in [0.05, 0.1) is 15.4 Å². The topological polar surface area (TPSA) is 104 Å². The molecule has 0 bridgehead atoms. The molecule has 144 valence electrons. The normalized spacial score (nSPS) is 10.5. The highest BCUT2D eigenvalue weighted by Crippen LogP contribution is 2.32. The molecule has 3 aromatic rings. The SMILES string of the molecule is CCc1c(C)nc(-c2ccc(NC(C)=O)s2)nc1Nc1ccc(C(=O)O)cc1. The highest BCUT2D eigenvalue weighted by molar-refractivity contribution is 7.19. The average molecular weight is 396 g/mol. The van der Waals surface area contributed by atoms with Crippen molar-refractivity contribution in [2.45, 2.75) is 27.2 Å². The Morgan fingerprint density at radius 3 is 2.43 bits per heavy atom. The molecule has 0 spiro atoms. The number of nitrogens with one attached hydrogen (secondary N) is 2. The number of carbonyl (C=O) groups is 2. The third-order valence-electron chi connectivity index (χ3n) is 4.09. The molecule has 1 amide bonds. The van der Waals surface area contributed by atoms with Gasteiger partial charge in [0.2, 0.25) is 5.91 Å². The molecule has 2 aromatic heterocycles. The predicted molar refractivity (Wildman–Crippen MR) is 110 cm³/mol. The van der Waals surface area contributed by atoms with Crippen molar-refractivity contribution in [3.63, 3.8) is 0 Å². The molecule has 1 aromatic carbocycles. The minimum Gasteiger partial charge on any atom is -0.478 e. The van der Waals surface area contributed by atoms with Crippen LogP contribution in [0.2, 0.25) is 0 Å². The van der Waals surface area contributed by atoms with Crippen LogP contribution in [0.5, 0.6) is 0 Å². The Morgan fingerprint density at radius 2 is 1.82 bits per heavy atom. The van der Waals surface area contributed by atoms with Crippen molar-refractivity contribution >= 4 is 39.7 Å². The van der Waals surface area contributed by atoms with Crippen molar-refractivity contribution in [2.24, 2.45) is 0 Å². The Morgan fingerprint density at radius 1 is 1.11 bits per heavy atom. The van der Waals surface area contributed by atoms with Gasteiger partial charge >= 0.3 is 5.97 Å². The van der Waals surface area contributed by atoms with Gasteiger partial charge in [0.25, 0.3) is 0 Å². The summed E-state index contributed by atoms with van der Waals surface area (Å²) in [7, 11) is 0. The summed E-state index contributed by atoms with van der Waals surface area (Å²) in [5.41, 5.74) is 2.83. The fourth-order valence-corrected chi connectivity index (χ4v) is 3.65. The lowest BCUT2D eigenvalue weighted by atomic mass is 10.1. The average Bonchev–Trinajstić information content (AvgIpc) is 3.09. The number of anilines is 3. The monoisotopic (exact) mass is 396 g/mol. The fraction of sp³-hybridized carbons (Fsp3) is 0.200. The summed E-state index contributed by atoms with van der Waals surface area (Å²) in [4.78, 5) is 32.4. The second-order valence-corrected chi connectivity index (χ2v) is 7.25. The summed E-state index contributed by atoms with van der Waals surface area (Å²) < 4.78 is 0. The number of hydrogen-bond donors (Lipinski definition) is 3. The number of nitrogens with zero attached hydrogens (tertiary/aromatic N) is 2. The van der Waals surface area contributed by atoms with Gasteiger partial charge in [-0.1, -0.05) is 6.92 Å². The molecule has 0 aliphatic rings. The van der Waals surface area contributed by atoms with Gasteiger partial charge in [-0.25, -0.2) is 14.8 Å². The molecule has 0 radical (unpaired) electrons. The van der Waals surface area contributed by atoms with Crippen LogP contribution in [-0.4, -0.2) is 27.0 Å². The molecule has 0 aliphatic heterocycles. The van der Waals surface area contributed by atoms with E-state index in [1.807, 2.05) is 26.0 Å². The molecule has 3 rings (SSSR count). The molecule has 28 heavy (non-hydrogen) atoms. The van der Waals surface area contributed by atoms with Crippen molar-refractivity contribution in [3.05, 3.63) is 53.2 Å². The van der Waals surface area contributed by atoms with Gasteiger partial charge < -0.3 is 15.7 Å². The lowest BCUT2D eigenvalue weighted by molar-refractivity contribution is -0.114. The summed E-state index contributed by atoms with van der Waals surface area (Å²) in [6.07, 6.45) is 0.753. The van der Waals surface area contributed by atoms with Gasteiger partial charge in [0, 0.05) is 23.9 Å². The van der Waals surface area contributed by atoms with Crippen LogP contribution in [0.4, 0.5) is 16.5 Å². The molecule has 0 atom stereocenters. The Hall–Kier alpha value is -3.26. The van der Waals surface area contributed by atoms with Gasteiger partial charge in [0.1, 0.15) is 5.82 Å². The van der Waals surface area contributed by atoms with Gasteiger partial charge in [-0.2, -0.15) is 0 Å². The van der Waals surface area contributed by atoms with Gasteiger partial charge in [-0.05, 0) is 49.7 Å². The number of benzene rings is 1. The van der Waals surface area contributed by atoms with Crippen LogP contribution < -0.4 is 10.6 Å². The summed E-state index contributed by atoms with van der Waals surface area (Å²) >= 11 is 1.41. The van der Waals surface area contributed by atoms with Gasteiger partial charge in [-0.3, -0.25) is 4.79 Å². The summed E-state index contributed by atoms with van der Waals surface area (Å²) in [6.45, 7) is 5.43.